The predicted octanol–water partition coefficient (Wildman–Crippen LogP) is 3.03. The molecule has 1 aromatic carbocycles. The van der Waals surface area contributed by atoms with Gasteiger partial charge in [0.25, 0.3) is 0 Å². The topological polar surface area (TPSA) is 35.5 Å². The van der Waals surface area contributed by atoms with E-state index in [0.717, 1.165) is 0 Å². The highest BCUT2D eigenvalue weighted by Gasteiger charge is 2.29. The molecule has 0 atom stereocenters. The summed E-state index contributed by atoms with van der Waals surface area (Å²) in [5, 5.41) is 0.302. The summed E-state index contributed by atoms with van der Waals surface area (Å²) in [6, 6.07) is 4.40. The van der Waals surface area contributed by atoms with Crippen LogP contribution in [-0.2, 0) is 13.6 Å². The Kier molecular flexibility index (Phi) is 4.66. The van der Waals surface area contributed by atoms with Gasteiger partial charge in [-0.2, -0.15) is 0 Å². The molecule has 0 unspecified atom stereocenters. The maximum Gasteiger partial charge on any atom is 0.361 e. The maximum atomic E-state index is 13.4. The Hall–Kier alpha value is -0.700. The second-order valence-electron chi connectivity index (χ2n) is 3.22. The molecule has 0 radical (unpaired) electrons. The monoisotopic (exact) mass is 246 g/mol. The van der Waals surface area contributed by atoms with Crippen molar-refractivity contribution in [3.63, 3.8) is 0 Å². The Labute approximate surface area is 95.1 Å². The lowest BCUT2D eigenvalue weighted by molar-refractivity contribution is 0.229. The van der Waals surface area contributed by atoms with Crippen molar-refractivity contribution in [2.75, 3.05) is 13.2 Å². The van der Waals surface area contributed by atoms with Gasteiger partial charge in [-0.1, -0.05) is 6.07 Å². The summed E-state index contributed by atoms with van der Waals surface area (Å²) >= 11 is 0. The van der Waals surface area contributed by atoms with Crippen molar-refractivity contribution >= 4 is 12.9 Å². The molecule has 0 spiro atoms. The van der Waals surface area contributed by atoms with Gasteiger partial charge in [0.1, 0.15) is 5.82 Å². The third kappa shape index (κ3) is 2.70. The zero-order valence-corrected chi connectivity index (χ0v) is 10.6. The average molecular weight is 246 g/mol. The zero-order valence-electron chi connectivity index (χ0n) is 9.70. The highest BCUT2D eigenvalue weighted by Crippen LogP contribution is 2.47. The van der Waals surface area contributed by atoms with Crippen molar-refractivity contribution < 1.29 is 18.0 Å². The molecule has 90 valence electrons. The number of hydrogen-bond donors (Lipinski definition) is 0. The Morgan fingerprint density at radius 3 is 2.31 bits per heavy atom. The van der Waals surface area contributed by atoms with E-state index in [9.17, 15) is 8.96 Å². The van der Waals surface area contributed by atoms with Crippen LogP contribution in [0.15, 0.2) is 18.2 Å². The normalized spacial score (nSPS) is 11.8. The van der Waals surface area contributed by atoms with E-state index in [-0.39, 0.29) is 13.2 Å². The zero-order chi connectivity index (χ0) is 12.2. The molecule has 0 heterocycles. The van der Waals surface area contributed by atoms with Gasteiger partial charge in [0, 0.05) is 5.56 Å². The van der Waals surface area contributed by atoms with Crippen LogP contribution in [0.5, 0.6) is 0 Å². The predicted molar refractivity (Wildman–Crippen MR) is 61.6 cm³/mol. The smallest absolute Gasteiger partial charge is 0.305 e. The van der Waals surface area contributed by atoms with Crippen LogP contribution >= 0.6 is 7.60 Å². The van der Waals surface area contributed by atoms with E-state index in [0.29, 0.717) is 10.9 Å². The molecule has 3 nitrogen and oxygen atoms in total. The summed E-state index contributed by atoms with van der Waals surface area (Å²) in [4.78, 5) is 0. The Morgan fingerprint density at radius 1 is 1.25 bits per heavy atom. The number of halogens is 1. The van der Waals surface area contributed by atoms with E-state index in [1.54, 1.807) is 26.8 Å². The molecule has 0 aliphatic rings. The molecule has 16 heavy (non-hydrogen) atoms. The van der Waals surface area contributed by atoms with Gasteiger partial charge in [-0.25, -0.2) is 4.39 Å². The summed E-state index contributed by atoms with van der Waals surface area (Å²) in [7, 11) is -3.38. The summed E-state index contributed by atoms with van der Waals surface area (Å²) in [6.07, 6.45) is 0. The van der Waals surface area contributed by atoms with Crippen LogP contribution in [0.4, 0.5) is 4.39 Å². The largest absolute Gasteiger partial charge is 0.361 e. The van der Waals surface area contributed by atoms with Crippen molar-refractivity contribution in [2.24, 2.45) is 0 Å². The molecule has 0 aliphatic heterocycles. The maximum absolute atomic E-state index is 13.4. The van der Waals surface area contributed by atoms with Crippen LogP contribution in [0.25, 0.3) is 0 Å². The van der Waals surface area contributed by atoms with Gasteiger partial charge in [0.15, 0.2) is 0 Å². The summed E-state index contributed by atoms with van der Waals surface area (Å²) in [5.41, 5.74) is 0.313. The summed E-state index contributed by atoms with van der Waals surface area (Å²) in [6.45, 7) is 5.52. The lowest BCUT2D eigenvalue weighted by Crippen LogP contribution is -2.15. The Morgan fingerprint density at radius 2 is 1.81 bits per heavy atom. The molecule has 0 saturated heterocycles. The van der Waals surface area contributed by atoms with E-state index in [2.05, 4.69) is 0 Å². The Bertz CT molecular complexity index is 396. The van der Waals surface area contributed by atoms with E-state index in [1.165, 1.54) is 12.1 Å². The first kappa shape index (κ1) is 13.4. The molecule has 0 aromatic heterocycles. The first-order valence-corrected chi connectivity index (χ1v) is 6.74. The highest BCUT2D eigenvalue weighted by atomic mass is 31.2. The molecule has 0 amide bonds. The lowest BCUT2D eigenvalue weighted by Gasteiger charge is -2.18. The standard InChI is InChI=1S/C11H16FO3P/c1-4-14-16(13,15-5-2)11-8-6-7-10(12)9(11)3/h6-8H,4-5H2,1-3H3. The minimum atomic E-state index is -3.38. The minimum Gasteiger partial charge on any atom is -0.305 e. The van der Waals surface area contributed by atoms with Gasteiger partial charge in [-0.05, 0) is 32.9 Å². The van der Waals surface area contributed by atoms with Crippen LogP contribution in [0.3, 0.4) is 0 Å². The molecule has 0 N–H and O–H groups in total. The number of benzene rings is 1. The van der Waals surface area contributed by atoms with E-state index in [4.69, 9.17) is 9.05 Å². The molecule has 0 bridgehead atoms. The van der Waals surface area contributed by atoms with Crippen LogP contribution < -0.4 is 5.30 Å². The van der Waals surface area contributed by atoms with Gasteiger partial charge in [0.05, 0.1) is 18.5 Å². The third-order valence-electron chi connectivity index (χ3n) is 2.13. The second-order valence-corrected chi connectivity index (χ2v) is 5.21. The molecule has 0 fully saturated rings. The van der Waals surface area contributed by atoms with Gasteiger partial charge in [-0.15, -0.1) is 0 Å². The van der Waals surface area contributed by atoms with Crippen molar-refractivity contribution in [2.45, 2.75) is 20.8 Å². The first-order chi connectivity index (χ1) is 7.55. The van der Waals surface area contributed by atoms with Gasteiger partial charge >= 0.3 is 7.60 Å². The van der Waals surface area contributed by atoms with Crippen molar-refractivity contribution in [1.29, 1.82) is 0 Å². The first-order valence-electron chi connectivity index (χ1n) is 5.20. The molecular formula is C11H16FO3P. The fraction of sp³-hybridized carbons (Fsp3) is 0.455. The SMILES string of the molecule is CCOP(=O)(OCC)c1cccc(F)c1C. The number of hydrogen-bond acceptors (Lipinski definition) is 3. The lowest BCUT2D eigenvalue weighted by atomic mass is 10.2. The Balaban J connectivity index is 3.21. The van der Waals surface area contributed by atoms with Gasteiger partial charge in [0.2, 0.25) is 0 Å². The molecule has 0 saturated carbocycles. The average Bonchev–Trinajstić information content (AvgIpc) is 2.22. The van der Waals surface area contributed by atoms with Crippen LogP contribution in [0, 0.1) is 12.7 Å². The van der Waals surface area contributed by atoms with E-state index < -0.39 is 13.4 Å². The van der Waals surface area contributed by atoms with Gasteiger partial charge in [-0.3, -0.25) is 4.57 Å². The molecular weight excluding hydrogens is 230 g/mol. The van der Waals surface area contributed by atoms with E-state index in [1.807, 2.05) is 0 Å². The van der Waals surface area contributed by atoms with Gasteiger partial charge < -0.3 is 9.05 Å². The van der Waals surface area contributed by atoms with Crippen molar-refractivity contribution in [1.82, 2.24) is 0 Å². The molecule has 5 heteroatoms. The van der Waals surface area contributed by atoms with Crippen LogP contribution in [-0.4, -0.2) is 13.2 Å². The second kappa shape index (κ2) is 5.58. The van der Waals surface area contributed by atoms with Crippen molar-refractivity contribution in [3.8, 4) is 0 Å². The summed E-state index contributed by atoms with van der Waals surface area (Å²) < 4.78 is 36.1. The molecule has 1 aromatic rings. The van der Waals surface area contributed by atoms with Crippen molar-refractivity contribution in [3.05, 3.63) is 29.6 Å². The van der Waals surface area contributed by atoms with E-state index >= 15 is 0 Å². The molecule has 0 aliphatic carbocycles. The third-order valence-corrected chi connectivity index (χ3v) is 4.40. The van der Waals surface area contributed by atoms with Crippen LogP contribution in [0.1, 0.15) is 19.4 Å². The van der Waals surface area contributed by atoms with Crippen LogP contribution in [0.2, 0.25) is 0 Å². The fourth-order valence-corrected chi connectivity index (χ4v) is 3.23. The minimum absolute atomic E-state index is 0.257. The number of rotatable bonds is 5. The fourth-order valence-electron chi connectivity index (χ4n) is 1.41. The highest BCUT2D eigenvalue weighted by molar-refractivity contribution is 7.62. The summed E-state index contributed by atoms with van der Waals surface area (Å²) in [5.74, 6) is -0.405. The molecule has 1 rings (SSSR count). The quantitative estimate of drug-likeness (QED) is 0.749.